The molecule has 3 aliphatic rings. The standard InChI is InChI=1S/C31H41N3O3/c1-21-27-18-23(4-6-28(27)32-31(21)24-5-7-29(35-2)30(19-24)36-3)22-8-13-33(14-9-22)25-10-15-34(16-11-25)26-12-17-37-20-26/h4-7,18-19,22,25-26,32H,8-17,20H2,1-3H3. The molecule has 0 spiro atoms. The van der Waals surface area contributed by atoms with E-state index in [0.717, 1.165) is 42.0 Å². The van der Waals surface area contributed by atoms with Crippen LogP contribution in [0.5, 0.6) is 11.5 Å². The number of piperidine rings is 2. The highest BCUT2D eigenvalue weighted by Gasteiger charge is 2.32. The highest BCUT2D eigenvalue weighted by molar-refractivity contribution is 5.91. The molecular formula is C31H41N3O3. The predicted molar refractivity (Wildman–Crippen MR) is 149 cm³/mol. The van der Waals surface area contributed by atoms with Gasteiger partial charge in [-0.3, -0.25) is 4.90 Å². The van der Waals surface area contributed by atoms with Gasteiger partial charge in [0.05, 0.1) is 20.8 Å². The van der Waals surface area contributed by atoms with Gasteiger partial charge >= 0.3 is 0 Å². The first-order valence-electron chi connectivity index (χ1n) is 14.0. The average molecular weight is 504 g/mol. The lowest BCUT2D eigenvalue weighted by Gasteiger charge is -2.43. The Kier molecular flexibility index (Phi) is 7.15. The maximum atomic E-state index is 5.62. The fourth-order valence-corrected chi connectivity index (χ4v) is 6.90. The molecule has 3 aliphatic heterocycles. The van der Waals surface area contributed by atoms with Gasteiger partial charge in [0.2, 0.25) is 0 Å². The summed E-state index contributed by atoms with van der Waals surface area (Å²) >= 11 is 0. The zero-order valence-corrected chi connectivity index (χ0v) is 22.6. The van der Waals surface area contributed by atoms with Gasteiger partial charge in [-0.1, -0.05) is 6.07 Å². The van der Waals surface area contributed by atoms with Crippen LogP contribution in [0.25, 0.3) is 22.2 Å². The summed E-state index contributed by atoms with van der Waals surface area (Å²) in [5.74, 6) is 2.15. The number of aryl methyl sites for hydroxylation is 1. The Balaban J connectivity index is 1.12. The molecule has 0 bridgehead atoms. The second kappa shape index (κ2) is 10.7. The van der Waals surface area contributed by atoms with E-state index in [1.807, 2.05) is 6.07 Å². The topological polar surface area (TPSA) is 50.0 Å². The van der Waals surface area contributed by atoms with Crippen LogP contribution in [0.4, 0.5) is 0 Å². The summed E-state index contributed by atoms with van der Waals surface area (Å²) < 4.78 is 16.6. The number of H-pyrrole nitrogens is 1. The molecule has 3 aromatic rings. The molecule has 6 rings (SSSR count). The van der Waals surface area contributed by atoms with Crippen LogP contribution in [0.2, 0.25) is 0 Å². The van der Waals surface area contributed by atoms with Crippen LogP contribution in [0, 0.1) is 6.92 Å². The summed E-state index contributed by atoms with van der Waals surface area (Å²) in [5, 5.41) is 1.33. The number of rotatable bonds is 6. The lowest BCUT2D eigenvalue weighted by molar-refractivity contribution is 0.0634. The van der Waals surface area contributed by atoms with E-state index in [1.165, 1.54) is 80.3 Å². The second-order valence-corrected chi connectivity index (χ2v) is 11.1. The molecule has 0 saturated carbocycles. The lowest BCUT2D eigenvalue weighted by Crippen LogP contribution is -2.50. The number of nitrogens with one attached hydrogen (secondary N) is 1. The van der Waals surface area contributed by atoms with E-state index < -0.39 is 0 Å². The molecule has 0 radical (unpaired) electrons. The van der Waals surface area contributed by atoms with Crippen LogP contribution in [0.15, 0.2) is 36.4 Å². The van der Waals surface area contributed by atoms with Crippen LogP contribution in [-0.4, -0.2) is 80.5 Å². The van der Waals surface area contributed by atoms with Crippen LogP contribution in [0.1, 0.15) is 49.1 Å². The van der Waals surface area contributed by atoms with Crippen LogP contribution >= 0.6 is 0 Å². The molecule has 198 valence electrons. The number of aromatic nitrogens is 1. The van der Waals surface area contributed by atoms with Crippen molar-refractivity contribution < 1.29 is 14.2 Å². The number of hydrogen-bond donors (Lipinski definition) is 1. The molecule has 0 amide bonds. The largest absolute Gasteiger partial charge is 0.493 e. The van der Waals surface area contributed by atoms with Crippen molar-refractivity contribution in [3.63, 3.8) is 0 Å². The number of nitrogens with zero attached hydrogens (tertiary/aromatic N) is 2. The molecule has 3 saturated heterocycles. The first kappa shape index (κ1) is 24.8. The molecule has 3 fully saturated rings. The van der Waals surface area contributed by atoms with Crippen LogP contribution < -0.4 is 9.47 Å². The third-order valence-corrected chi connectivity index (χ3v) is 9.19. The molecular weight excluding hydrogens is 462 g/mol. The number of aromatic amines is 1. The van der Waals surface area contributed by atoms with Gasteiger partial charge in [0.15, 0.2) is 11.5 Å². The molecule has 1 unspecified atom stereocenters. The molecule has 37 heavy (non-hydrogen) atoms. The quantitative estimate of drug-likeness (QED) is 0.475. The normalized spacial score (nSPS) is 22.6. The first-order valence-corrected chi connectivity index (χ1v) is 14.0. The smallest absolute Gasteiger partial charge is 0.161 e. The van der Waals surface area contributed by atoms with Crippen LogP contribution in [0.3, 0.4) is 0 Å². The fraction of sp³-hybridized carbons (Fsp3) is 0.548. The van der Waals surface area contributed by atoms with Gasteiger partial charge in [0.1, 0.15) is 0 Å². The molecule has 2 aromatic carbocycles. The van der Waals surface area contributed by atoms with Gasteiger partial charge < -0.3 is 24.1 Å². The maximum absolute atomic E-state index is 5.62. The van der Waals surface area contributed by atoms with Crippen molar-refractivity contribution in [2.45, 2.75) is 57.0 Å². The Morgan fingerprint density at radius 1 is 0.811 bits per heavy atom. The van der Waals surface area contributed by atoms with E-state index >= 15 is 0 Å². The predicted octanol–water partition coefficient (Wildman–Crippen LogP) is 5.59. The van der Waals surface area contributed by atoms with Crippen molar-refractivity contribution in [2.75, 3.05) is 53.6 Å². The molecule has 1 aromatic heterocycles. The molecule has 1 N–H and O–H groups in total. The number of hydrogen-bond acceptors (Lipinski definition) is 5. The molecule has 6 nitrogen and oxygen atoms in total. The minimum absolute atomic E-state index is 0.648. The van der Waals surface area contributed by atoms with Gasteiger partial charge in [0.25, 0.3) is 0 Å². The number of likely N-dealkylation sites (tertiary alicyclic amines) is 2. The van der Waals surface area contributed by atoms with Crippen molar-refractivity contribution in [2.24, 2.45) is 0 Å². The van der Waals surface area contributed by atoms with E-state index in [1.54, 1.807) is 14.2 Å². The third kappa shape index (κ3) is 4.87. The third-order valence-electron chi connectivity index (χ3n) is 9.19. The Hall–Kier alpha value is -2.54. The Labute approximate surface area is 220 Å². The molecule has 4 heterocycles. The Morgan fingerprint density at radius 3 is 2.24 bits per heavy atom. The first-order chi connectivity index (χ1) is 18.1. The van der Waals surface area contributed by atoms with Gasteiger partial charge in [-0.05, 0) is 99.5 Å². The number of ether oxygens (including phenoxy) is 3. The van der Waals surface area contributed by atoms with Gasteiger partial charge in [0, 0.05) is 53.9 Å². The van der Waals surface area contributed by atoms with Crippen LogP contribution in [-0.2, 0) is 4.74 Å². The highest BCUT2D eigenvalue weighted by atomic mass is 16.5. The lowest BCUT2D eigenvalue weighted by atomic mass is 9.87. The van der Waals surface area contributed by atoms with Crippen molar-refractivity contribution >= 4 is 10.9 Å². The van der Waals surface area contributed by atoms with Crippen molar-refractivity contribution in [1.29, 1.82) is 0 Å². The van der Waals surface area contributed by atoms with Crippen molar-refractivity contribution in [3.8, 4) is 22.8 Å². The van der Waals surface area contributed by atoms with Crippen molar-refractivity contribution in [3.05, 3.63) is 47.5 Å². The van der Waals surface area contributed by atoms with Gasteiger partial charge in [-0.2, -0.15) is 0 Å². The van der Waals surface area contributed by atoms with E-state index in [0.29, 0.717) is 12.0 Å². The fourth-order valence-electron chi connectivity index (χ4n) is 6.90. The molecule has 1 atom stereocenters. The summed E-state index contributed by atoms with van der Waals surface area (Å²) in [5.41, 5.74) is 6.25. The number of benzene rings is 2. The van der Waals surface area contributed by atoms with E-state index in [2.05, 4.69) is 52.0 Å². The summed E-state index contributed by atoms with van der Waals surface area (Å²) in [6.45, 7) is 9.04. The monoisotopic (exact) mass is 503 g/mol. The van der Waals surface area contributed by atoms with E-state index in [-0.39, 0.29) is 0 Å². The van der Waals surface area contributed by atoms with Crippen molar-refractivity contribution in [1.82, 2.24) is 14.8 Å². The minimum atomic E-state index is 0.648. The summed E-state index contributed by atoms with van der Waals surface area (Å²) in [7, 11) is 3.36. The Morgan fingerprint density at radius 2 is 1.54 bits per heavy atom. The SMILES string of the molecule is COc1ccc(-c2[nH]c3ccc(C4CCN(C5CCN(C6CCOC6)CC5)CC4)cc3c2C)cc1OC. The van der Waals surface area contributed by atoms with E-state index in [4.69, 9.17) is 14.2 Å². The van der Waals surface area contributed by atoms with Gasteiger partial charge in [-0.25, -0.2) is 0 Å². The summed E-state index contributed by atoms with van der Waals surface area (Å²) in [4.78, 5) is 9.12. The molecule has 0 aliphatic carbocycles. The number of fused-ring (bicyclic) bond motifs is 1. The summed E-state index contributed by atoms with van der Waals surface area (Å²) in [6, 6.07) is 14.6. The molecule has 6 heteroatoms. The minimum Gasteiger partial charge on any atom is -0.493 e. The zero-order chi connectivity index (χ0) is 25.4. The average Bonchev–Trinajstić information content (AvgIpc) is 3.61. The zero-order valence-electron chi connectivity index (χ0n) is 22.6. The maximum Gasteiger partial charge on any atom is 0.161 e. The van der Waals surface area contributed by atoms with E-state index in [9.17, 15) is 0 Å². The second-order valence-electron chi connectivity index (χ2n) is 11.1. The highest BCUT2D eigenvalue weighted by Crippen LogP contribution is 2.38. The van der Waals surface area contributed by atoms with Gasteiger partial charge in [-0.15, -0.1) is 0 Å². The summed E-state index contributed by atoms with van der Waals surface area (Å²) in [6.07, 6.45) is 6.36. The number of methoxy groups -OCH3 is 2. The Bertz CT molecular complexity index is 1220.